The highest BCUT2D eigenvalue weighted by Crippen LogP contribution is 2.41. The fourth-order valence-electron chi connectivity index (χ4n) is 4.84. The monoisotopic (exact) mass is 375 g/mol. The van der Waals surface area contributed by atoms with Crippen molar-refractivity contribution in [2.45, 2.75) is 38.1 Å². The number of rotatable bonds is 3. The molecule has 27 heavy (non-hydrogen) atoms. The van der Waals surface area contributed by atoms with Gasteiger partial charge >= 0.3 is 0 Å². The molecule has 1 aromatic heterocycles. The molecule has 0 N–H and O–H groups in total. The maximum Gasteiger partial charge on any atom is 0.289 e. The molecule has 3 fully saturated rings. The van der Waals surface area contributed by atoms with Crippen molar-refractivity contribution in [3.63, 3.8) is 0 Å². The molecule has 0 unspecified atom stereocenters. The molecule has 1 aromatic rings. The van der Waals surface area contributed by atoms with Gasteiger partial charge in [-0.2, -0.15) is 0 Å². The summed E-state index contributed by atoms with van der Waals surface area (Å²) in [5, 5.41) is 0. The normalized spacial score (nSPS) is 26.0. The Morgan fingerprint density at radius 2 is 2.00 bits per heavy atom. The van der Waals surface area contributed by atoms with Gasteiger partial charge in [-0.15, -0.1) is 0 Å². The molecule has 7 heteroatoms. The fourth-order valence-corrected chi connectivity index (χ4v) is 4.84. The second-order valence-corrected chi connectivity index (χ2v) is 8.34. The van der Waals surface area contributed by atoms with E-state index in [4.69, 9.17) is 9.15 Å². The van der Waals surface area contributed by atoms with Crippen LogP contribution in [-0.2, 0) is 4.79 Å². The van der Waals surface area contributed by atoms with Crippen molar-refractivity contribution in [3.8, 4) is 5.95 Å². The smallest absolute Gasteiger partial charge is 0.289 e. The third kappa shape index (κ3) is 3.57. The second-order valence-electron chi connectivity index (χ2n) is 8.34. The van der Waals surface area contributed by atoms with Crippen LogP contribution in [-0.4, -0.2) is 79.4 Å². The lowest BCUT2D eigenvalue weighted by molar-refractivity contribution is -0.141. The summed E-state index contributed by atoms with van der Waals surface area (Å²) in [6.45, 7) is 4.33. The molecular formula is C20H29N3O4. The van der Waals surface area contributed by atoms with E-state index in [2.05, 4.69) is 16.8 Å². The molecule has 0 aromatic carbocycles. The highest BCUT2D eigenvalue weighted by Gasteiger charge is 2.44. The summed E-state index contributed by atoms with van der Waals surface area (Å²) in [6.07, 6.45) is 4.56. The van der Waals surface area contributed by atoms with E-state index in [1.807, 2.05) is 4.90 Å². The number of hydrogen-bond acceptors (Lipinski definition) is 5. The first-order valence-electron chi connectivity index (χ1n) is 9.91. The number of likely N-dealkylation sites (tertiary alicyclic amines) is 3. The Labute approximate surface area is 160 Å². The molecule has 0 saturated carbocycles. The van der Waals surface area contributed by atoms with Crippen LogP contribution < -0.4 is 4.74 Å². The van der Waals surface area contributed by atoms with E-state index in [1.165, 1.54) is 7.11 Å². The topological polar surface area (TPSA) is 66.2 Å². The van der Waals surface area contributed by atoms with Gasteiger partial charge in [0.15, 0.2) is 5.76 Å². The summed E-state index contributed by atoms with van der Waals surface area (Å²) in [5.74, 6) is 0.920. The first-order valence-corrected chi connectivity index (χ1v) is 9.91. The van der Waals surface area contributed by atoms with Crippen molar-refractivity contribution < 1.29 is 18.7 Å². The van der Waals surface area contributed by atoms with E-state index in [-0.39, 0.29) is 11.3 Å². The van der Waals surface area contributed by atoms with Crippen LogP contribution in [0.2, 0.25) is 0 Å². The average molecular weight is 375 g/mol. The summed E-state index contributed by atoms with van der Waals surface area (Å²) in [4.78, 5) is 31.5. The van der Waals surface area contributed by atoms with Gasteiger partial charge in [-0.1, -0.05) is 0 Å². The lowest BCUT2D eigenvalue weighted by Crippen LogP contribution is -2.55. The maximum atomic E-state index is 12.7. The SMILES string of the molecule is COc1ccc(C(=O)N2CCC3(CCC(=O)N([C@@H]4CCN(C)C4)C3)CC2)o1. The number of furan rings is 1. The van der Waals surface area contributed by atoms with E-state index < -0.39 is 0 Å². The van der Waals surface area contributed by atoms with Crippen LogP contribution >= 0.6 is 0 Å². The second kappa shape index (κ2) is 7.19. The van der Waals surface area contributed by atoms with Crippen molar-refractivity contribution in [2.24, 2.45) is 5.41 Å². The number of ether oxygens (including phenoxy) is 1. The van der Waals surface area contributed by atoms with Crippen LogP contribution in [0.1, 0.15) is 42.7 Å². The summed E-state index contributed by atoms with van der Waals surface area (Å²) in [6, 6.07) is 3.69. The zero-order valence-corrected chi connectivity index (χ0v) is 16.3. The van der Waals surface area contributed by atoms with E-state index in [9.17, 15) is 9.59 Å². The highest BCUT2D eigenvalue weighted by atomic mass is 16.6. The van der Waals surface area contributed by atoms with Crippen LogP contribution in [0.3, 0.4) is 0 Å². The third-order valence-corrected chi connectivity index (χ3v) is 6.61. The van der Waals surface area contributed by atoms with Gasteiger partial charge in [0.25, 0.3) is 11.9 Å². The zero-order valence-electron chi connectivity index (χ0n) is 16.3. The van der Waals surface area contributed by atoms with Crippen LogP contribution in [0.4, 0.5) is 0 Å². The molecular weight excluding hydrogens is 346 g/mol. The first kappa shape index (κ1) is 18.3. The number of carbonyl (C=O) groups is 2. The Morgan fingerprint density at radius 1 is 1.22 bits per heavy atom. The van der Waals surface area contributed by atoms with Crippen molar-refractivity contribution in [2.75, 3.05) is 46.9 Å². The number of piperidine rings is 2. The average Bonchev–Trinajstić information content (AvgIpc) is 3.33. The molecule has 7 nitrogen and oxygen atoms in total. The Hall–Kier alpha value is -2.02. The van der Waals surface area contributed by atoms with Gasteiger partial charge < -0.3 is 23.9 Å². The lowest BCUT2D eigenvalue weighted by atomic mass is 9.72. The summed E-state index contributed by atoms with van der Waals surface area (Å²) in [7, 11) is 3.65. The predicted molar refractivity (Wildman–Crippen MR) is 99.7 cm³/mol. The number of amides is 2. The minimum Gasteiger partial charge on any atom is -0.468 e. The van der Waals surface area contributed by atoms with Gasteiger partial charge in [0.2, 0.25) is 5.91 Å². The van der Waals surface area contributed by atoms with Gasteiger partial charge in [-0.25, -0.2) is 0 Å². The van der Waals surface area contributed by atoms with E-state index in [1.54, 1.807) is 12.1 Å². The minimum atomic E-state index is -0.0747. The van der Waals surface area contributed by atoms with E-state index in [0.29, 0.717) is 43.2 Å². The molecule has 3 aliphatic rings. The van der Waals surface area contributed by atoms with Crippen molar-refractivity contribution in [1.29, 1.82) is 0 Å². The molecule has 1 spiro atoms. The molecule has 4 rings (SSSR count). The van der Waals surface area contributed by atoms with E-state index in [0.717, 1.165) is 45.3 Å². The minimum absolute atomic E-state index is 0.0747. The van der Waals surface area contributed by atoms with Crippen molar-refractivity contribution in [1.82, 2.24) is 14.7 Å². The van der Waals surface area contributed by atoms with Crippen LogP contribution in [0.15, 0.2) is 16.5 Å². The molecule has 0 aliphatic carbocycles. The molecule has 1 atom stereocenters. The molecule has 4 heterocycles. The van der Waals surface area contributed by atoms with Crippen molar-refractivity contribution >= 4 is 11.8 Å². The standard InChI is InChI=1S/C20H29N3O4/c1-21-10-6-15(13-21)23-14-20(7-5-17(23)24)8-11-22(12-9-20)19(25)16-3-4-18(26-2)27-16/h3-4,15H,5-14H2,1-2H3/t15-/m1/s1. The first-order chi connectivity index (χ1) is 13.0. The molecule has 0 bridgehead atoms. The van der Waals surface area contributed by atoms with E-state index >= 15 is 0 Å². The Balaban J connectivity index is 1.38. The van der Waals surface area contributed by atoms with Crippen LogP contribution in [0.5, 0.6) is 5.95 Å². The molecule has 2 amide bonds. The largest absolute Gasteiger partial charge is 0.468 e. The van der Waals surface area contributed by atoms with Crippen LogP contribution in [0, 0.1) is 5.41 Å². The number of likely N-dealkylation sites (N-methyl/N-ethyl adjacent to an activating group) is 1. The van der Waals surface area contributed by atoms with Gasteiger partial charge in [-0.05, 0) is 50.8 Å². The summed E-state index contributed by atoms with van der Waals surface area (Å²) >= 11 is 0. The van der Waals surface area contributed by atoms with Gasteiger partial charge in [0.05, 0.1) is 7.11 Å². The Kier molecular flexibility index (Phi) is 4.88. The Bertz CT molecular complexity index is 708. The number of methoxy groups -OCH3 is 1. The third-order valence-electron chi connectivity index (χ3n) is 6.61. The van der Waals surface area contributed by atoms with Gasteiger partial charge in [0, 0.05) is 44.7 Å². The number of carbonyl (C=O) groups excluding carboxylic acids is 2. The molecule has 0 radical (unpaired) electrons. The highest BCUT2D eigenvalue weighted by molar-refractivity contribution is 5.91. The molecule has 148 valence electrons. The van der Waals surface area contributed by atoms with Crippen LogP contribution in [0.25, 0.3) is 0 Å². The summed E-state index contributed by atoms with van der Waals surface area (Å²) in [5.41, 5.74) is 0.159. The predicted octanol–water partition coefficient (Wildman–Crippen LogP) is 1.84. The number of nitrogens with zero attached hydrogens (tertiary/aromatic N) is 3. The quantitative estimate of drug-likeness (QED) is 0.807. The Morgan fingerprint density at radius 3 is 2.63 bits per heavy atom. The number of hydrogen-bond donors (Lipinski definition) is 0. The van der Waals surface area contributed by atoms with Crippen molar-refractivity contribution in [3.05, 3.63) is 17.9 Å². The zero-order chi connectivity index (χ0) is 19.0. The van der Waals surface area contributed by atoms with Gasteiger partial charge in [-0.3, -0.25) is 9.59 Å². The summed E-state index contributed by atoms with van der Waals surface area (Å²) < 4.78 is 10.4. The lowest BCUT2D eigenvalue weighted by Gasteiger charge is -2.48. The van der Waals surface area contributed by atoms with Gasteiger partial charge in [0.1, 0.15) is 0 Å². The molecule has 3 saturated heterocycles. The molecule has 3 aliphatic heterocycles. The fraction of sp³-hybridized carbons (Fsp3) is 0.700. The maximum absolute atomic E-state index is 12.7.